The average Bonchev–Trinajstić information content (AvgIpc) is 2.09. The van der Waals surface area contributed by atoms with E-state index in [-0.39, 0.29) is 0 Å². The Kier molecular flexibility index (Phi) is 2.94. The summed E-state index contributed by atoms with van der Waals surface area (Å²) in [4.78, 5) is 0. The Hall–Kier alpha value is -1.02. The van der Waals surface area contributed by atoms with Gasteiger partial charge < -0.3 is 9.84 Å². The predicted molar refractivity (Wildman–Crippen MR) is 53.1 cm³/mol. The molecule has 0 aromatic heterocycles. The van der Waals surface area contributed by atoms with Crippen molar-refractivity contribution in [3.8, 4) is 5.75 Å². The first-order valence-corrected chi connectivity index (χ1v) is 4.40. The van der Waals surface area contributed by atoms with Crippen LogP contribution in [-0.2, 0) is 0 Å². The highest BCUT2D eigenvalue weighted by atomic mass is 16.5. The minimum Gasteiger partial charge on any atom is -0.496 e. The van der Waals surface area contributed by atoms with E-state index in [2.05, 4.69) is 0 Å². The second-order valence-corrected chi connectivity index (χ2v) is 3.28. The van der Waals surface area contributed by atoms with Crippen LogP contribution in [0.15, 0.2) is 12.1 Å². The van der Waals surface area contributed by atoms with Gasteiger partial charge in [0.05, 0.1) is 13.2 Å². The lowest BCUT2D eigenvalue weighted by Crippen LogP contribution is -1.99. The molecular formula is C11H16O2. The van der Waals surface area contributed by atoms with Crippen molar-refractivity contribution in [3.63, 3.8) is 0 Å². The zero-order valence-corrected chi connectivity index (χ0v) is 8.59. The molecule has 0 amide bonds. The highest BCUT2D eigenvalue weighted by Crippen LogP contribution is 2.27. The summed E-state index contributed by atoms with van der Waals surface area (Å²) in [6, 6.07) is 3.80. The zero-order chi connectivity index (χ0) is 10.0. The van der Waals surface area contributed by atoms with Crippen molar-refractivity contribution in [1.82, 2.24) is 0 Å². The van der Waals surface area contributed by atoms with Crippen LogP contribution in [0.2, 0.25) is 0 Å². The van der Waals surface area contributed by atoms with Gasteiger partial charge in [0.25, 0.3) is 0 Å². The van der Waals surface area contributed by atoms with Crippen LogP contribution < -0.4 is 4.74 Å². The predicted octanol–water partition coefficient (Wildman–Crippen LogP) is 2.37. The molecule has 72 valence electrons. The first-order chi connectivity index (χ1) is 6.07. The van der Waals surface area contributed by atoms with E-state index in [4.69, 9.17) is 4.74 Å². The summed E-state index contributed by atoms with van der Waals surface area (Å²) in [5.41, 5.74) is 3.17. The normalized spacial score (nSPS) is 12.7. The van der Waals surface area contributed by atoms with Crippen LogP contribution in [0.1, 0.15) is 29.7 Å². The van der Waals surface area contributed by atoms with Crippen LogP contribution in [0.3, 0.4) is 0 Å². The molecule has 0 saturated carbocycles. The van der Waals surface area contributed by atoms with Gasteiger partial charge in [0.2, 0.25) is 0 Å². The first kappa shape index (κ1) is 10.1. The molecule has 0 aliphatic carbocycles. The van der Waals surface area contributed by atoms with Crippen LogP contribution in [0.25, 0.3) is 0 Å². The van der Waals surface area contributed by atoms with Crippen molar-refractivity contribution in [2.24, 2.45) is 0 Å². The summed E-state index contributed by atoms with van der Waals surface area (Å²) < 4.78 is 5.18. The van der Waals surface area contributed by atoms with E-state index in [0.29, 0.717) is 0 Å². The van der Waals surface area contributed by atoms with Gasteiger partial charge >= 0.3 is 0 Å². The molecule has 1 aromatic carbocycles. The Balaban J connectivity index is 3.23. The lowest BCUT2D eigenvalue weighted by molar-refractivity contribution is 0.198. The molecule has 1 unspecified atom stereocenters. The minimum atomic E-state index is -0.412. The molecule has 0 fully saturated rings. The fourth-order valence-corrected chi connectivity index (χ4v) is 1.49. The average molecular weight is 180 g/mol. The van der Waals surface area contributed by atoms with E-state index < -0.39 is 6.10 Å². The number of methoxy groups -OCH3 is 1. The molecule has 0 spiro atoms. The van der Waals surface area contributed by atoms with Crippen LogP contribution in [0.5, 0.6) is 5.75 Å². The van der Waals surface area contributed by atoms with Crippen molar-refractivity contribution in [2.75, 3.05) is 7.11 Å². The second-order valence-electron chi connectivity index (χ2n) is 3.28. The lowest BCUT2D eigenvalue weighted by Gasteiger charge is -2.14. The summed E-state index contributed by atoms with van der Waals surface area (Å²) in [5, 5.41) is 9.45. The fourth-order valence-electron chi connectivity index (χ4n) is 1.49. The summed E-state index contributed by atoms with van der Waals surface area (Å²) in [7, 11) is 1.66. The van der Waals surface area contributed by atoms with Gasteiger partial charge in [-0.2, -0.15) is 0 Å². The maximum atomic E-state index is 9.45. The van der Waals surface area contributed by atoms with Crippen LogP contribution in [0.4, 0.5) is 0 Å². The van der Waals surface area contributed by atoms with Crippen molar-refractivity contribution >= 4 is 0 Å². The molecule has 0 saturated heterocycles. The first-order valence-electron chi connectivity index (χ1n) is 4.40. The van der Waals surface area contributed by atoms with E-state index in [0.717, 1.165) is 22.4 Å². The summed E-state index contributed by atoms with van der Waals surface area (Å²) >= 11 is 0. The van der Waals surface area contributed by atoms with Gasteiger partial charge in [-0.1, -0.05) is 6.07 Å². The molecule has 13 heavy (non-hydrogen) atoms. The number of hydrogen-bond acceptors (Lipinski definition) is 2. The highest BCUT2D eigenvalue weighted by molar-refractivity contribution is 5.44. The quantitative estimate of drug-likeness (QED) is 0.757. The molecule has 0 heterocycles. The van der Waals surface area contributed by atoms with Crippen molar-refractivity contribution in [2.45, 2.75) is 26.9 Å². The highest BCUT2D eigenvalue weighted by Gasteiger charge is 2.09. The maximum absolute atomic E-state index is 9.45. The van der Waals surface area contributed by atoms with E-state index >= 15 is 0 Å². The Morgan fingerprint density at radius 3 is 2.31 bits per heavy atom. The third-order valence-electron chi connectivity index (χ3n) is 2.45. The van der Waals surface area contributed by atoms with Crippen molar-refractivity contribution < 1.29 is 9.84 Å². The summed E-state index contributed by atoms with van der Waals surface area (Å²) in [6.07, 6.45) is -0.412. The monoisotopic (exact) mass is 180 g/mol. The standard InChI is InChI=1S/C11H16O2/c1-7-8(2)11(13-4)6-5-10(7)9(3)12/h5-6,9,12H,1-4H3. The third kappa shape index (κ3) is 1.83. The molecule has 1 N–H and O–H groups in total. The molecule has 0 aliphatic rings. The van der Waals surface area contributed by atoms with Gasteiger partial charge in [0, 0.05) is 0 Å². The number of aliphatic hydroxyl groups is 1. The Labute approximate surface area is 79.2 Å². The van der Waals surface area contributed by atoms with E-state index in [9.17, 15) is 5.11 Å². The smallest absolute Gasteiger partial charge is 0.122 e. The fraction of sp³-hybridized carbons (Fsp3) is 0.455. The summed E-state index contributed by atoms with van der Waals surface area (Å²) in [6.45, 7) is 5.77. The molecule has 1 atom stereocenters. The Bertz CT molecular complexity index is 303. The molecule has 0 bridgehead atoms. The minimum absolute atomic E-state index is 0.412. The Morgan fingerprint density at radius 2 is 1.85 bits per heavy atom. The number of hydrogen-bond donors (Lipinski definition) is 1. The van der Waals surface area contributed by atoms with Crippen molar-refractivity contribution in [3.05, 3.63) is 28.8 Å². The third-order valence-corrected chi connectivity index (χ3v) is 2.45. The number of ether oxygens (including phenoxy) is 1. The van der Waals surface area contributed by atoms with E-state index in [1.807, 2.05) is 26.0 Å². The van der Waals surface area contributed by atoms with E-state index in [1.165, 1.54) is 0 Å². The van der Waals surface area contributed by atoms with E-state index in [1.54, 1.807) is 14.0 Å². The molecule has 1 aromatic rings. The topological polar surface area (TPSA) is 29.5 Å². The van der Waals surface area contributed by atoms with Crippen LogP contribution in [-0.4, -0.2) is 12.2 Å². The van der Waals surface area contributed by atoms with Gasteiger partial charge in [-0.15, -0.1) is 0 Å². The molecule has 2 nitrogen and oxygen atoms in total. The van der Waals surface area contributed by atoms with Gasteiger partial charge in [-0.05, 0) is 43.5 Å². The zero-order valence-electron chi connectivity index (χ0n) is 8.59. The van der Waals surface area contributed by atoms with Crippen LogP contribution >= 0.6 is 0 Å². The second kappa shape index (κ2) is 3.79. The summed E-state index contributed by atoms with van der Waals surface area (Å²) in [5.74, 6) is 0.877. The van der Waals surface area contributed by atoms with Crippen LogP contribution in [0, 0.1) is 13.8 Å². The molecular weight excluding hydrogens is 164 g/mol. The molecule has 2 heteroatoms. The molecule has 1 rings (SSSR count). The van der Waals surface area contributed by atoms with Gasteiger partial charge in [-0.3, -0.25) is 0 Å². The molecule has 0 radical (unpaired) electrons. The molecule has 0 aliphatic heterocycles. The van der Waals surface area contributed by atoms with Gasteiger partial charge in [0.1, 0.15) is 5.75 Å². The lowest BCUT2D eigenvalue weighted by atomic mass is 9.99. The van der Waals surface area contributed by atoms with Gasteiger partial charge in [-0.25, -0.2) is 0 Å². The number of aliphatic hydroxyl groups excluding tert-OH is 1. The SMILES string of the molecule is COc1ccc(C(C)O)c(C)c1C. The number of benzene rings is 1. The van der Waals surface area contributed by atoms with Gasteiger partial charge in [0.15, 0.2) is 0 Å². The largest absolute Gasteiger partial charge is 0.496 e. The number of rotatable bonds is 2. The van der Waals surface area contributed by atoms with Crippen molar-refractivity contribution in [1.29, 1.82) is 0 Å². The Morgan fingerprint density at radius 1 is 1.23 bits per heavy atom. The maximum Gasteiger partial charge on any atom is 0.122 e.